The molecular formula is C9H14N4OS. The van der Waals surface area contributed by atoms with Crippen LogP contribution in [0.2, 0.25) is 0 Å². The Morgan fingerprint density at radius 1 is 1.80 bits per heavy atom. The van der Waals surface area contributed by atoms with Crippen LogP contribution < -0.4 is 10.6 Å². The van der Waals surface area contributed by atoms with E-state index < -0.39 is 0 Å². The molecule has 1 amide bonds. The van der Waals surface area contributed by atoms with Gasteiger partial charge in [0.25, 0.3) is 0 Å². The molecule has 2 heterocycles. The highest BCUT2D eigenvalue weighted by Crippen LogP contribution is 2.10. The zero-order chi connectivity index (χ0) is 10.7. The Kier molecular flexibility index (Phi) is 3.27. The molecular weight excluding hydrogens is 212 g/mol. The van der Waals surface area contributed by atoms with Gasteiger partial charge in [0, 0.05) is 31.3 Å². The second-order valence-electron chi connectivity index (χ2n) is 3.47. The van der Waals surface area contributed by atoms with Gasteiger partial charge in [-0.15, -0.1) is 0 Å². The monoisotopic (exact) mass is 226 g/mol. The molecule has 0 spiro atoms. The van der Waals surface area contributed by atoms with Crippen molar-refractivity contribution < 1.29 is 4.79 Å². The Morgan fingerprint density at radius 2 is 2.67 bits per heavy atom. The summed E-state index contributed by atoms with van der Waals surface area (Å²) < 4.78 is 1.67. The Bertz CT molecular complexity index is 346. The lowest BCUT2D eigenvalue weighted by atomic mass is 10.3. The molecule has 1 fully saturated rings. The molecule has 1 atom stereocenters. The Labute approximate surface area is 92.6 Å². The number of amides is 1. The van der Waals surface area contributed by atoms with E-state index in [1.807, 2.05) is 7.05 Å². The molecule has 1 aliphatic heterocycles. The van der Waals surface area contributed by atoms with Crippen LogP contribution in [0.3, 0.4) is 0 Å². The molecule has 0 saturated carbocycles. The average Bonchev–Trinajstić information content (AvgIpc) is 2.65. The normalized spacial score (nSPS) is 21.3. The van der Waals surface area contributed by atoms with Crippen LogP contribution in [-0.2, 0) is 11.8 Å². The van der Waals surface area contributed by atoms with E-state index in [9.17, 15) is 4.79 Å². The molecule has 1 aromatic heterocycles. The summed E-state index contributed by atoms with van der Waals surface area (Å²) in [7, 11) is 1.82. The second-order valence-corrected chi connectivity index (χ2v) is 4.62. The number of carbonyl (C=O) groups excluding carboxylic acids is 1. The van der Waals surface area contributed by atoms with Crippen LogP contribution in [0.5, 0.6) is 0 Å². The number of nitrogens with zero attached hydrogens (tertiary/aromatic N) is 2. The lowest BCUT2D eigenvalue weighted by molar-refractivity contribution is -0.117. The Balaban J connectivity index is 1.91. The predicted octanol–water partition coefficient (Wildman–Crippen LogP) is 0.0636. The average molecular weight is 226 g/mol. The summed E-state index contributed by atoms with van der Waals surface area (Å²) in [6.07, 6.45) is 3.43. The van der Waals surface area contributed by atoms with Gasteiger partial charge in [-0.3, -0.25) is 9.48 Å². The number of anilines is 1. The standard InChI is InChI=1S/C9H14N4OS/c1-13-5-7(4-11-13)12-9(14)8-6-15-3-2-10-8/h4-5,8,10H,2-3,6H2,1H3,(H,12,14). The molecule has 1 aliphatic rings. The fourth-order valence-electron chi connectivity index (χ4n) is 1.45. The summed E-state index contributed by atoms with van der Waals surface area (Å²) in [6, 6.07) is -0.0797. The fraction of sp³-hybridized carbons (Fsp3) is 0.556. The molecule has 0 bridgehead atoms. The summed E-state index contributed by atoms with van der Waals surface area (Å²) >= 11 is 1.80. The Morgan fingerprint density at radius 3 is 3.27 bits per heavy atom. The van der Waals surface area contributed by atoms with Crippen LogP contribution in [0.25, 0.3) is 0 Å². The van der Waals surface area contributed by atoms with E-state index in [2.05, 4.69) is 15.7 Å². The van der Waals surface area contributed by atoms with E-state index in [1.165, 1.54) is 0 Å². The molecule has 1 aromatic rings. The molecule has 6 heteroatoms. The quantitative estimate of drug-likeness (QED) is 0.749. The summed E-state index contributed by atoms with van der Waals surface area (Å²) in [5, 5.41) is 10.0. The molecule has 0 aromatic carbocycles. The van der Waals surface area contributed by atoms with Crippen LogP contribution in [0.1, 0.15) is 0 Å². The molecule has 82 valence electrons. The minimum Gasteiger partial charge on any atom is -0.322 e. The van der Waals surface area contributed by atoms with Gasteiger partial charge in [0.2, 0.25) is 5.91 Å². The summed E-state index contributed by atoms with van der Waals surface area (Å²) in [6.45, 7) is 0.899. The van der Waals surface area contributed by atoms with Crippen molar-refractivity contribution in [3.8, 4) is 0 Å². The summed E-state index contributed by atoms with van der Waals surface area (Å²) in [5.41, 5.74) is 0.750. The minimum atomic E-state index is -0.0797. The van der Waals surface area contributed by atoms with Gasteiger partial charge >= 0.3 is 0 Å². The number of hydrogen-bond acceptors (Lipinski definition) is 4. The topological polar surface area (TPSA) is 59.0 Å². The molecule has 0 radical (unpaired) electrons. The van der Waals surface area contributed by atoms with E-state index in [1.54, 1.807) is 28.8 Å². The van der Waals surface area contributed by atoms with Crippen molar-refractivity contribution >= 4 is 23.4 Å². The third-order valence-electron chi connectivity index (χ3n) is 2.21. The van der Waals surface area contributed by atoms with Gasteiger partial charge in [0.1, 0.15) is 0 Å². The largest absolute Gasteiger partial charge is 0.322 e. The van der Waals surface area contributed by atoms with Crippen molar-refractivity contribution in [2.24, 2.45) is 7.05 Å². The first-order valence-electron chi connectivity index (χ1n) is 4.86. The number of carbonyl (C=O) groups is 1. The number of thioether (sulfide) groups is 1. The smallest absolute Gasteiger partial charge is 0.242 e. The summed E-state index contributed by atoms with van der Waals surface area (Å²) in [5.74, 6) is 1.94. The first kappa shape index (κ1) is 10.5. The van der Waals surface area contributed by atoms with E-state index in [0.717, 1.165) is 23.7 Å². The lowest BCUT2D eigenvalue weighted by Gasteiger charge is -2.21. The van der Waals surface area contributed by atoms with Gasteiger partial charge < -0.3 is 10.6 Å². The van der Waals surface area contributed by atoms with E-state index in [0.29, 0.717) is 0 Å². The Hall–Kier alpha value is -1.01. The van der Waals surface area contributed by atoms with Crippen molar-refractivity contribution in [3.63, 3.8) is 0 Å². The molecule has 0 aliphatic carbocycles. The van der Waals surface area contributed by atoms with Crippen LogP contribution in [-0.4, -0.2) is 39.8 Å². The second kappa shape index (κ2) is 4.67. The van der Waals surface area contributed by atoms with Gasteiger partial charge in [0.05, 0.1) is 17.9 Å². The number of aryl methyl sites for hydroxylation is 1. The highest BCUT2D eigenvalue weighted by molar-refractivity contribution is 7.99. The minimum absolute atomic E-state index is 0.0233. The number of hydrogen-bond donors (Lipinski definition) is 2. The number of nitrogens with one attached hydrogen (secondary N) is 2. The maximum Gasteiger partial charge on any atom is 0.242 e. The van der Waals surface area contributed by atoms with Crippen molar-refractivity contribution in [2.75, 3.05) is 23.4 Å². The van der Waals surface area contributed by atoms with Crippen molar-refractivity contribution in [1.82, 2.24) is 15.1 Å². The zero-order valence-corrected chi connectivity index (χ0v) is 9.38. The first-order valence-corrected chi connectivity index (χ1v) is 6.02. The SMILES string of the molecule is Cn1cc(NC(=O)C2CSCCN2)cn1. The first-order chi connectivity index (χ1) is 7.25. The summed E-state index contributed by atoms with van der Waals surface area (Å²) in [4.78, 5) is 11.8. The zero-order valence-electron chi connectivity index (χ0n) is 8.56. The molecule has 15 heavy (non-hydrogen) atoms. The third-order valence-corrected chi connectivity index (χ3v) is 3.27. The maximum absolute atomic E-state index is 11.8. The van der Waals surface area contributed by atoms with Crippen LogP contribution in [0.4, 0.5) is 5.69 Å². The van der Waals surface area contributed by atoms with E-state index >= 15 is 0 Å². The highest BCUT2D eigenvalue weighted by Gasteiger charge is 2.20. The molecule has 5 nitrogen and oxygen atoms in total. The van der Waals surface area contributed by atoms with Gasteiger partial charge in [0.15, 0.2) is 0 Å². The number of aromatic nitrogens is 2. The molecule has 2 N–H and O–H groups in total. The van der Waals surface area contributed by atoms with E-state index in [4.69, 9.17) is 0 Å². The maximum atomic E-state index is 11.8. The van der Waals surface area contributed by atoms with Crippen molar-refractivity contribution in [3.05, 3.63) is 12.4 Å². The molecule has 2 rings (SSSR count). The highest BCUT2D eigenvalue weighted by atomic mass is 32.2. The van der Waals surface area contributed by atoms with Gasteiger partial charge in [-0.25, -0.2) is 0 Å². The van der Waals surface area contributed by atoms with Crippen LogP contribution >= 0.6 is 11.8 Å². The van der Waals surface area contributed by atoms with Crippen molar-refractivity contribution in [1.29, 1.82) is 0 Å². The predicted molar refractivity (Wildman–Crippen MR) is 61.0 cm³/mol. The third kappa shape index (κ3) is 2.73. The van der Waals surface area contributed by atoms with Gasteiger partial charge in [-0.2, -0.15) is 16.9 Å². The number of rotatable bonds is 2. The van der Waals surface area contributed by atoms with Crippen molar-refractivity contribution in [2.45, 2.75) is 6.04 Å². The molecule has 1 unspecified atom stereocenters. The molecule has 1 saturated heterocycles. The lowest BCUT2D eigenvalue weighted by Crippen LogP contribution is -2.46. The van der Waals surface area contributed by atoms with Gasteiger partial charge in [-0.05, 0) is 0 Å². The van der Waals surface area contributed by atoms with Crippen LogP contribution in [0.15, 0.2) is 12.4 Å². The van der Waals surface area contributed by atoms with E-state index in [-0.39, 0.29) is 11.9 Å². The fourth-order valence-corrected chi connectivity index (χ4v) is 2.38. The van der Waals surface area contributed by atoms with Gasteiger partial charge in [-0.1, -0.05) is 0 Å². The van der Waals surface area contributed by atoms with Crippen LogP contribution in [0, 0.1) is 0 Å².